The Labute approximate surface area is 216 Å². The molecule has 36 heavy (non-hydrogen) atoms. The molecule has 8 aromatic rings. The summed E-state index contributed by atoms with van der Waals surface area (Å²) in [5.41, 5.74) is 5.25. The number of rotatable bonds is 2. The van der Waals surface area contributed by atoms with E-state index in [2.05, 4.69) is 121 Å². The minimum atomic E-state index is 1.26. The lowest BCUT2D eigenvalue weighted by Crippen LogP contribution is -1.90. The van der Waals surface area contributed by atoms with Gasteiger partial charge in [-0.25, -0.2) is 0 Å². The lowest BCUT2D eigenvalue weighted by Gasteiger charge is -2.17. The van der Waals surface area contributed by atoms with Crippen molar-refractivity contribution in [2.24, 2.45) is 0 Å². The molecule has 8 rings (SSSR count). The van der Waals surface area contributed by atoms with Crippen LogP contribution in [0.3, 0.4) is 0 Å². The first-order chi connectivity index (χ1) is 17.9. The number of benzene rings is 6. The number of fused-ring (bicyclic) bond motifs is 7. The SMILES string of the molecule is c1ccc(-c2c3ccccc3c(-c3csc4c3ccc3sc5ccccc5c34)c3ccccc23)cc1. The first-order valence-corrected chi connectivity index (χ1v) is 13.9. The van der Waals surface area contributed by atoms with Gasteiger partial charge in [0.1, 0.15) is 0 Å². The van der Waals surface area contributed by atoms with Crippen molar-refractivity contribution >= 4 is 74.5 Å². The molecule has 6 aromatic carbocycles. The molecule has 0 spiro atoms. The Kier molecular flexibility index (Phi) is 4.36. The summed E-state index contributed by atoms with van der Waals surface area (Å²) in [5, 5.41) is 11.7. The molecule has 0 saturated heterocycles. The first kappa shape index (κ1) is 20.2. The van der Waals surface area contributed by atoms with Gasteiger partial charge in [0.2, 0.25) is 0 Å². The molecule has 2 heteroatoms. The Hall–Kier alpha value is -3.98. The third kappa shape index (κ3) is 2.80. The van der Waals surface area contributed by atoms with Crippen LogP contribution in [0.1, 0.15) is 0 Å². The number of hydrogen-bond donors (Lipinski definition) is 0. The second kappa shape index (κ2) is 7.76. The molecular formula is C34H20S2. The summed E-state index contributed by atoms with van der Waals surface area (Å²) in [6, 6.07) is 42.1. The largest absolute Gasteiger partial charge is 0.142 e. The fourth-order valence-corrected chi connectivity index (χ4v) is 8.13. The highest BCUT2D eigenvalue weighted by atomic mass is 32.1. The summed E-state index contributed by atoms with van der Waals surface area (Å²) >= 11 is 3.78. The van der Waals surface area contributed by atoms with Gasteiger partial charge in [0.05, 0.1) is 0 Å². The standard InChI is InChI=1S/C34H20S2/c1-2-10-21(11-3-1)31-22-12-4-6-14-24(22)32(25-15-7-5-13-23(25)31)28-20-35-34-26(28)18-19-30-33(34)27-16-8-9-17-29(27)36-30/h1-20H. The Bertz CT molecular complexity index is 2030. The smallest absolute Gasteiger partial charge is 0.0442 e. The van der Waals surface area contributed by atoms with Crippen LogP contribution in [0.25, 0.3) is 74.1 Å². The first-order valence-electron chi connectivity index (χ1n) is 12.2. The molecule has 2 heterocycles. The maximum Gasteiger partial charge on any atom is 0.0442 e. The molecule has 0 aliphatic rings. The van der Waals surface area contributed by atoms with Gasteiger partial charge >= 0.3 is 0 Å². The molecule has 168 valence electrons. The van der Waals surface area contributed by atoms with Gasteiger partial charge in [0, 0.05) is 35.8 Å². The molecule has 0 aliphatic carbocycles. The van der Waals surface area contributed by atoms with E-state index in [0.29, 0.717) is 0 Å². The van der Waals surface area contributed by atoms with Gasteiger partial charge in [-0.3, -0.25) is 0 Å². The number of thiophene rings is 2. The molecule has 2 aromatic heterocycles. The van der Waals surface area contributed by atoms with Crippen molar-refractivity contribution in [1.29, 1.82) is 0 Å². The van der Waals surface area contributed by atoms with Gasteiger partial charge in [0.25, 0.3) is 0 Å². The molecule has 0 N–H and O–H groups in total. The minimum absolute atomic E-state index is 1.26. The predicted molar refractivity (Wildman–Crippen MR) is 161 cm³/mol. The molecule has 0 aliphatic heterocycles. The van der Waals surface area contributed by atoms with E-state index in [1.165, 1.54) is 74.1 Å². The third-order valence-corrected chi connectivity index (χ3v) is 9.49. The predicted octanol–water partition coefficient (Wildman–Crippen LogP) is 10.9. The topological polar surface area (TPSA) is 0 Å². The molecule has 0 atom stereocenters. The van der Waals surface area contributed by atoms with Crippen LogP contribution in [0.4, 0.5) is 0 Å². The third-order valence-electron chi connectivity index (χ3n) is 7.34. The van der Waals surface area contributed by atoms with Gasteiger partial charge in [-0.1, -0.05) is 103 Å². The Morgan fingerprint density at radius 1 is 0.417 bits per heavy atom. The highest BCUT2D eigenvalue weighted by molar-refractivity contribution is 7.27. The summed E-state index contributed by atoms with van der Waals surface area (Å²) in [6.45, 7) is 0. The zero-order valence-electron chi connectivity index (χ0n) is 19.4. The van der Waals surface area contributed by atoms with Crippen LogP contribution in [0.5, 0.6) is 0 Å². The maximum atomic E-state index is 2.38. The van der Waals surface area contributed by atoms with E-state index >= 15 is 0 Å². The van der Waals surface area contributed by atoms with Crippen molar-refractivity contribution in [3.63, 3.8) is 0 Å². The van der Waals surface area contributed by atoms with Crippen molar-refractivity contribution < 1.29 is 0 Å². The van der Waals surface area contributed by atoms with Crippen LogP contribution >= 0.6 is 22.7 Å². The molecule has 0 unspecified atom stereocenters. The van der Waals surface area contributed by atoms with E-state index in [1.54, 1.807) is 0 Å². The van der Waals surface area contributed by atoms with Crippen molar-refractivity contribution in [2.75, 3.05) is 0 Å². The second-order valence-electron chi connectivity index (χ2n) is 9.27. The van der Waals surface area contributed by atoms with Crippen molar-refractivity contribution in [3.05, 3.63) is 121 Å². The van der Waals surface area contributed by atoms with E-state index in [9.17, 15) is 0 Å². The summed E-state index contributed by atoms with van der Waals surface area (Å²) < 4.78 is 4.12. The Morgan fingerprint density at radius 2 is 1.00 bits per heavy atom. The highest BCUT2D eigenvalue weighted by Crippen LogP contribution is 2.49. The second-order valence-corrected chi connectivity index (χ2v) is 11.2. The minimum Gasteiger partial charge on any atom is -0.142 e. The molecular weight excluding hydrogens is 473 g/mol. The van der Waals surface area contributed by atoms with Crippen LogP contribution in [0, 0.1) is 0 Å². The number of hydrogen-bond acceptors (Lipinski definition) is 2. The van der Waals surface area contributed by atoms with Crippen LogP contribution in [-0.4, -0.2) is 0 Å². The lowest BCUT2D eigenvalue weighted by atomic mass is 9.86. The maximum absolute atomic E-state index is 2.38. The quantitative estimate of drug-likeness (QED) is 0.211. The van der Waals surface area contributed by atoms with Crippen molar-refractivity contribution in [2.45, 2.75) is 0 Å². The van der Waals surface area contributed by atoms with Crippen LogP contribution in [0.15, 0.2) is 121 Å². The average Bonchev–Trinajstić information content (AvgIpc) is 3.53. The van der Waals surface area contributed by atoms with Crippen molar-refractivity contribution in [3.8, 4) is 22.3 Å². The molecule has 0 saturated carbocycles. The normalized spacial score (nSPS) is 11.9. The van der Waals surface area contributed by atoms with Gasteiger partial charge in [-0.15, -0.1) is 22.7 Å². The van der Waals surface area contributed by atoms with Crippen LogP contribution in [-0.2, 0) is 0 Å². The Balaban J connectivity index is 1.53. The summed E-state index contributed by atoms with van der Waals surface area (Å²) in [4.78, 5) is 0. The van der Waals surface area contributed by atoms with E-state index in [1.807, 2.05) is 22.7 Å². The molecule has 0 fully saturated rings. The van der Waals surface area contributed by atoms with Crippen LogP contribution < -0.4 is 0 Å². The van der Waals surface area contributed by atoms with Gasteiger partial charge < -0.3 is 0 Å². The van der Waals surface area contributed by atoms with Crippen LogP contribution in [0.2, 0.25) is 0 Å². The fourth-order valence-electron chi connectivity index (χ4n) is 5.83. The molecule has 0 radical (unpaired) electrons. The van der Waals surface area contributed by atoms with Crippen molar-refractivity contribution in [1.82, 2.24) is 0 Å². The molecule has 0 amide bonds. The fraction of sp³-hybridized carbons (Fsp3) is 0. The highest BCUT2D eigenvalue weighted by Gasteiger charge is 2.20. The molecule has 0 nitrogen and oxygen atoms in total. The summed E-state index contributed by atoms with van der Waals surface area (Å²) in [6.07, 6.45) is 0. The Morgan fingerprint density at radius 3 is 1.69 bits per heavy atom. The van der Waals surface area contributed by atoms with E-state index in [4.69, 9.17) is 0 Å². The van der Waals surface area contributed by atoms with Gasteiger partial charge in [-0.05, 0) is 55.7 Å². The van der Waals surface area contributed by atoms with E-state index < -0.39 is 0 Å². The van der Waals surface area contributed by atoms with Gasteiger partial charge in [0.15, 0.2) is 0 Å². The lowest BCUT2D eigenvalue weighted by molar-refractivity contribution is 1.67. The summed E-state index contributed by atoms with van der Waals surface area (Å²) in [5.74, 6) is 0. The zero-order valence-corrected chi connectivity index (χ0v) is 21.0. The molecule has 0 bridgehead atoms. The zero-order chi connectivity index (χ0) is 23.6. The van der Waals surface area contributed by atoms with Gasteiger partial charge in [-0.2, -0.15) is 0 Å². The average molecular weight is 493 g/mol. The van der Waals surface area contributed by atoms with E-state index in [-0.39, 0.29) is 0 Å². The summed E-state index contributed by atoms with van der Waals surface area (Å²) in [7, 11) is 0. The monoisotopic (exact) mass is 492 g/mol. The van der Waals surface area contributed by atoms with E-state index in [0.717, 1.165) is 0 Å².